The van der Waals surface area contributed by atoms with Gasteiger partial charge in [0.05, 0.1) is 13.7 Å². The average Bonchev–Trinajstić information content (AvgIpc) is 2.48. The number of rotatable bonds is 8. The Kier molecular flexibility index (Phi) is 6.95. The van der Waals surface area contributed by atoms with Crippen molar-refractivity contribution in [3.8, 4) is 5.75 Å². The van der Waals surface area contributed by atoms with Crippen molar-refractivity contribution in [3.05, 3.63) is 40.3 Å². The number of carbonyl (C=O) groups excluding carboxylic acids is 1. The minimum atomic E-state index is -0.588. The van der Waals surface area contributed by atoms with Crippen LogP contribution in [0.15, 0.2) is 29.4 Å². The van der Waals surface area contributed by atoms with Gasteiger partial charge in [0.2, 0.25) is 0 Å². The summed E-state index contributed by atoms with van der Waals surface area (Å²) in [6.07, 6.45) is 0. The highest BCUT2D eigenvalue weighted by Crippen LogP contribution is 2.18. The van der Waals surface area contributed by atoms with E-state index >= 15 is 0 Å². The van der Waals surface area contributed by atoms with Crippen molar-refractivity contribution < 1.29 is 14.3 Å². The molecule has 0 spiro atoms. The molecule has 0 heterocycles. The topological polar surface area (TPSA) is 96.3 Å². The zero-order valence-electron chi connectivity index (χ0n) is 11.6. The number of hydrogen-bond donors (Lipinski definition) is 1. The zero-order valence-corrected chi connectivity index (χ0v) is 11.6. The summed E-state index contributed by atoms with van der Waals surface area (Å²) >= 11 is 0. The van der Waals surface area contributed by atoms with E-state index in [9.17, 15) is 4.79 Å². The molecule has 1 rings (SSSR count). The van der Waals surface area contributed by atoms with E-state index < -0.39 is 6.04 Å². The Morgan fingerprint density at radius 1 is 1.45 bits per heavy atom. The summed E-state index contributed by atoms with van der Waals surface area (Å²) in [6, 6.07) is 6.55. The molecule has 0 bridgehead atoms. The second-order valence-corrected chi connectivity index (χ2v) is 3.87. The van der Waals surface area contributed by atoms with Gasteiger partial charge in [-0.3, -0.25) is 0 Å². The maximum absolute atomic E-state index is 11.9. The van der Waals surface area contributed by atoms with Crippen LogP contribution in [0.3, 0.4) is 0 Å². The van der Waals surface area contributed by atoms with Gasteiger partial charge >= 0.3 is 5.97 Å². The molecular weight excluding hydrogens is 260 g/mol. The lowest BCUT2D eigenvalue weighted by Gasteiger charge is -2.17. The van der Waals surface area contributed by atoms with E-state index in [1.165, 1.54) is 0 Å². The molecule has 0 aromatic heterocycles. The first-order valence-corrected chi connectivity index (χ1v) is 6.27. The maximum atomic E-state index is 11.9. The molecule has 1 aromatic carbocycles. The van der Waals surface area contributed by atoms with Crippen LogP contribution in [0.25, 0.3) is 10.4 Å². The van der Waals surface area contributed by atoms with Gasteiger partial charge in [-0.25, -0.2) is 4.79 Å². The van der Waals surface area contributed by atoms with Crippen LogP contribution in [0.4, 0.5) is 0 Å². The van der Waals surface area contributed by atoms with Gasteiger partial charge in [0.15, 0.2) is 0 Å². The van der Waals surface area contributed by atoms with Crippen molar-refractivity contribution in [1.29, 1.82) is 0 Å². The number of benzene rings is 1. The fourth-order valence-corrected chi connectivity index (χ4v) is 1.66. The minimum absolute atomic E-state index is 0.266. The van der Waals surface area contributed by atoms with Gasteiger partial charge in [0.1, 0.15) is 11.8 Å². The van der Waals surface area contributed by atoms with Gasteiger partial charge in [0.25, 0.3) is 0 Å². The first kappa shape index (κ1) is 15.8. The Balaban J connectivity index is 2.78. The van der Waals surface area contributed by atoms with Crippen molar-refractivity contribution in [2.24, 2.45) is 5.11 Å². The Labute approximate surface area is 117 Å². The molecule has 0 aliphatic carbocycles. The molecule has 0 radical (unpaired) electrons. The van der Waals surface area contributed by atoms with E-state index in [-0.39, 0.29) is 12.5 Å². The summed E-state index contributed by atoms with van der Waals surface area (Å²) in [7, 11) is 1.58. The highest BCUT2D eigenvalue weighted by molar-refractivity contribution is 5.77. The Morgan fingerprint density at radius 3 is 2.70 bits per heavy atom. The van der Waals surface area contributed by atoms with E-state index in [2.05, 4.69) is 15.3 Å². The van der Waals surface area contributed by atoms with Gasteiger partial charge in [-0.05, 0) is 30.2 Å². The van der Waals surface area contributed by atoms with E-state index in [0.717, 1.165) is 5.56 Å². The Hall–Kier alpha value is -2.24. The number of ether oxygens (including phenoxy) is 2. The first-order valence-electron chi connectivity index (χ1n) is 6.27. The normalized spacial score (nSPS) is 11.3. The standard InChI is InChI=1S/C13H18N4O3/c1-3-20-13(18)12(15-8-9-16-17-14)10-4-6-11(19-2)7-5-10/h4-7,12,15H,3,8-9H2,1-2H3. The SMILES string of the molecule is CCOC(=O)C(NCCN=[N+]=[N-])c1ccc(OC)cc1. The largest absolute Gasteiger partial charge is 0.497 e. The van der Waals surface area contributed by atoms with Gasteiger partial charge in [-0.1, -0.05) is 17.2 Å². The lowest BCUT2D eigenvalue weighted by atomic mass is 10.1. The van der Waals surface area contributed by atoms with Crippen LogP contribution in [0.5, 0.6) is 5.75 Å². The second-order valence-electron chi connectivity index (χ2n) is 3.87. The number of esters is 1. The molecule has 0 saturated carbocycles. The van der Waals surface area contributed by atoms with Crippen LogP contribution >= 0.6 is 0 Å². The maximum Gasteiger partial charge on any atom is 0.327 e. The zero-order chi connectivity index (χ0) is 14.8. The van der Waals surface area contributed by atoms with Crippen LogP contribution in [-0.4, -0.2) is 32.8 Å². The van der Waals surface area contributed by atoms with Crippen LogP contribution in [0.2, 0.25) is 0 Å². The molecule has 7 heteroatoms. The summed E-state index contributed by atoms with van der Waals surface area (Å²) in [5.74, 6) is 0.351. The average molecular weight is 278 g/mol. The van der Waals surface area contributed by atoms with Crippen LogP contribution in [0, 0.1) is 0 Å². The molecule has 0 fully saturated rings. The number of azide groups is 1. The molecule has 0 aliphatic rings. The molecule has 1 atom stereocenters. The van der Waals surface area contributed by atoms with E-state index in [1.807, 2.05) is 0 Å². The van der Waals surface area contributed by atoms with Crippen molar-refractivity contribution >= 4 is 5.97 Å². The third-order valence-corrected chi connectivity index (χ3v) is 2.59. The quantitative estimate of drug-likeness (QED) is 0.259. The highest BCUT2D eigenvalue weighted by atomic mass is 16.5. The molecular formula is C13H18N4O3. The third-order valence-electron chi connectivity index (χ3n) is 2.59. The highest BCUT2D eigenvalue weighted by Gasteiger charge is 2.21. The van der Waals surface area contributed by atoms with Crippen molar-refractivity contribution in [3.63, 3.8) is 0 Å². The van der Waals surface area contributed by atoms with Crippen molar-refractivity contribution in [2.75, 3.05) is 26.8 Å². The van der Waals surface area contributed by atoms with E-state index in [0.29, 0.717) is 18.9 Å². The summed E-state index contributed by atoms with van der Waals surface area (Å²) in [4.78, 5) is 14.6. The molecule has 1 N–H and O–H groups in total. The van der Waals surface area contributed by atoms with Gasteiger partial charge < -0.3 is 14.8 Å². The molecule has 20 heavy (non-hydrogen) atoms. The summed E-state index contributed by atoms with van der Waals surface area (Å²) in [5, 5.41) is 6.43. The third kappa shape index (κ3) is 4.79. The van der Waals surface area contributed by atoms with Crippen LogP contribution < -0.4 is 10.1 Å². The fraction of sp³-hybridized carbons (Fsp3) is 0.462. The second kappa shape index (κ2) is 8.79. The summed E-state index contributed by atoms with van der Waals surface area (Å²) in [6.45, 7) is 2.72. The molecule has 108 valence electrons. The molecule has 0 saturated heterocycles. The van der Waals surface area contributed by atoms with E-state index in [4.69, 9.17) is 15.0 Å². The van der Waals surface area contributed by atoms with Gasteiger partial charge in [0, 0.05) is 18.0 Å². The summed E-state index contributed by atoms with van der Waals surface area (Å²) in [5.41, 5.74) is 8.99. The Morgan fingerprint density at radius 2 is 2.15 bits per heavy atom. The van der Waals surface area contributed by atoms with E-state index in [1.54, 1.807) is 38.3 Å². The molecule has 0 amide bonds. The smallest absolute Gasteiger partial charge is 0.327 e. The number of nitrogens with one attached hydrogen (secondary N) is 1. The van der Waals surface area contributed by atoms with Crippen LogP contribution in [0.1, 0.15) is 18.5 Å². The predicted molar refractivity (Wildman–Crippen MR) is 74.4 cm³/mol. The first-order chi connectivity index (χ1) is 9.72. The summed E-state index contributed by atoms with van der Waals surface area (Å²) < 4.78 is 10.1. The predicted octanol–water partition coefficient (Wildman–Crippen LogP) is 2.20. The Bertz CT molecular complexity index is 469. The van der Waals surface area contributed by atoms with Gasteiger partial charge in [-0.15, -0.1) is 0 Å². The minimum Gasteiger partial charge on any atom is -0.497 e. The fourth-order valence-electron chi connectivity index (χ4n) is 1.66. The lowest BCUT2D eigenvalue weighted by molar-refractivity contribution is -0.145. The molecule has 1 unspecified atom stereocenters. The monoisotopic (exact) mass is 278 g/mol. The number of carbonyl (C=O) groups is 1. The van der Waals surface area contributed by atoms with Crippen LogP contribution in [-0.2, 0) is 9.53 Å². The van der Waals surface area contributed by atoms with Crippen molar-refractivity contribution in [2.45, 2.75) is 13.0 Å². The molecule has 1 aromatic rings. The van der Waals surface area contributed by atoms with Crippen molar-refractivity contribution in [1.82, 2.24) is 5.32 Å². The molecule has 7 nitrogen and oxygen atoms in total. The lowest BCUT2D eigenvalue weighted by Crippen LogP contribution is -2.31. The molecule has 0 aliphatic heterocycles. The number of nitrogens with zero attached hydrogens (tertiary/aromatic N) is 3. The van der Waals surface area contributed by atoms with Gasteiger partial charge in [-0.2, -0.15) is 0 Å². The number of hydrogen-bond acceptors (Lipinski definition) is 5. The number of methoxy groups -OCH3 is 1.